The molecule has 0 aromatic rings. The Morgan fingerprint density at radius 1 is 1.42 bits per heavy atom. The Morgan fingerprint density at radius 2 is 2.08 bits per heavy atom. The fraction of sp³-hybridized carbons (Fsp3) is 0.455. The van der Waals surface area contributed by atoms with E-state index in [1.807, 2.05) is 26.0 Å². The number of ether oxygens (including phenoxy) is 1. The molecule has 0 N–H and O–H groups in total. The molecule has 0 saturated heterocycles. The molecule has 0 aromatic heterocycles. The van der Waals surface area contributed by atoms with Crippen LogP contribution in [0.3, 0.4) is 0 Å². The van der Waals surface area contributed by atoms with E-state index >= 15 is 0 Å². The van der Waals surface area contributed by atoms with Crippen LogP contribution in [0, 0.1) is 0 Å². The van der Waals surface area contributed by atoms with Gasteiger partial charge in [-0.25, -0.2) is 0 Å². The van der Waals surface area contributed by atoms with Gasteiger partial charge in [-0.3, -0.25) is 0 Å². The van der Waals surface area contributed by atoms with Crippen molar-refractivity contribution in [2.75, 3.05) is 6.61 Å². The molecule has 12 heavy (non-hydrogen) atoms. The van der Waals surface area contributed by atoms with Crippen LogP contribution in [0.5, 0.6) is 0 Å². The zero-order valence-electron chi connectivity index (χ0n) is 8.26. The second-order valence-corrected chi connectivity index (χ2v) is 2.37. The van der Waals surface area contributed by atoms with E-state index < -0.39 is 0 Å². The summed E-state index contributed by atoms with van der Waals surface area (Å²) in [5.41, 5.74) is 1.20. The van der Waals surface area contributed by atoms with Gasteiger partial charge >= 0.3 is 0 Å². The summed E-state index contributed by atoms with van der Waals surface area (Å²) in [6.45, 7) is 10.5. The molecule has 0 aromatic carbocycles. The highest BCUT2D eigenvalue weighted by Gasteiger charge is 2.00. The normalized spacial score (nSPS) is 12.9. The molecule has 68 valence electrons. The highest BCUT2D eigenvalue weighted by atomic mass is 16.5. The summed E-state index contributed by atoms with van der Waals surface area (Å²) in [5.74, 6) is 0.972. The lowest BCUT2D eigenvalue weighted by Gasteiger charge is -2.09. The van der Waals surface area contributed by atoms with E-state index in [1.54, 1.807) is 6.08 Å². The maximum absolute atomic E-state index is 5.44. The maximum Gasteiger partial charge on any atom is 0.118 e. The summed E-state index contributed by atoms with van der Waals surface area (Å²) in [4.78, 5) is 0. The molecule has 0 fully saturated rings. The largest absolute Gasteiger partial charge is 0.494 e. The first-order chi connectivity index (χ1) is 5.79. The van der Waals surface area contributed by atoms with Crippen LogP contribution in [0.4, 0.5) is 0 Å². The summed E-state index contributed by atoms with van der Waals surface area (Å²) in [6, 6.07) is 0. The van der Waals surface area contributed by atoms with Gasteiger partial charge in [-0.1, -0.05) is 25.7 Å². The zero-order chi connectivity index (χ0) is 9.40. The van der Waals surface area contributed by atoms with Gasteiger partial charge in [0.25, 0.3) is 0 Å². The molecule has 0 spiro atoms. The number of hydrogen-bond donors (Lipinski definition) is 0. The Balaban J connectivity index is 4.45. The molecule has 0 amide bonds. The average Bonchev–Trinajstić information content (AvgIpc) is 2.11. The minimum atomic E-state index is 0.716. The number of hydrogen-bond acceptors (Lipinski definition) is 1. The zero-order valence-corrected chi connectivity index (χ0v) is 8.26. The summed E-state index contributed by atoms with van der Waals surface area (Å²) < 4.78 is 5.44. The molecule has 0 radical (unpaired) electrons. The molecule has 0 aliphatic carbocycles. The van der Waals surface area contributed by atoms with Crippen LogP contribution >= 0.6 is 0 Å². The highest BCUT2D eigenvalue weighted by Crippen LogP contribution is 2.14. The van der Waals surface area contributed by atoms with Gasteiger partial charge in [-0.05, 0) is 31.9 Å². The SMILES string of the molecule is C=C/C=C(CC)\C(=C/C)OCC. The van der Waals surface area contributed by atoms with Crippen LogP contribution in [0.2, 0.25) is 0 Å². The lowest BCUT2D eigenvalue weighted by Crippen LogP contribution is -1.94. The first-order valence-electron chi connectivity index (χ1n) is 4.41. The van der Waals surface area contributed by atoms with E-state index in [2.05, 4.69) is 13.5 Å². The molecule has 0 bridgehead atoms. The molecule has 0 atom stereocenters. The van der Waals surface area contributed by atoms with Gasteiger partial charge in [0.15, 0.2) is 0 Å². The molecular formula is C11H18O. The lowest BCUT2D eigenvalue weighted by molar-refractivity contribution is 0.235. The molecule has 0 aliphatic heterocycles. The van der Waals surface area contributed by atoms with E-state index in [0.29, 0.717) is 6.61 Å². The van der Waals surface area contributed by atoms with Crippen LogP contribution in [0.1, 0.15) is 27.2 Å². The second-order valence-electron chi connectivity index (χ2n) is 2.37. The predicted octanol–water partition coefficient (Wildman–Crippen LogP) is 3.45. The van der Waals surface area contributed by atoms with Gasteiger partial charge < -0.3 is 4.74 Å². The molecule has 0 rings (SSSR count). The third-order valence-electron chi connectivity index (χ3n) is 1.58. The number of rotatable bonds is 5. The molecule has 0 unspecified atom stereocenters. The smallest absolute Gasteiger partial charge is 0.118 e. The molecule has 1 nitrogen and oxygen atoms in total. The van der Waals surface area contributed by atoms with Gasteiger partial charge in [-0.2, -0.15) is 0 Å². The highest BCUT2D eigenvalue weighted by molar-refractivity contribution is 5.28. The Morgan fingerprint density at radius 3 is 2.42 bits per heavy atom. The molecule has 1 heteroatoms. The Bertz CT molecular complexity index is 187. The fourth-order valence-corrected chi connectivity index (χ4v) is 1.03. The first kappa shape index (κ1) is 11.0. The van der Waals surface area contributed by atoms with Crippen molar-refractivity contribution in [3.63, 3.8) is 0 Å². The van der Waals surface area contributed by atoms with E-state index in [-0.39, 0.29) is 0 Å². The van der Waals surface area contributed by atoms with E-state index in [9.17, 15) is 0 Å². The van der Waals surface area contributed by atoms with E-state index in [0.717, 1.165) is 12.2 Å². The van der Waals surface area contributed by atoms with Crippen molar-refractivity contribution >= 4 is 0 Å². The Kier molecular flexibility index (Phi) is 6.16. The summed E-state index contributed by atoms with van der Waals surface area (Å²) >= 11 is 0. The van der Waals surface area contributed by atoms with Gasteiger partial charge in [0.05, 0.1) is 6.61 Å². The lowest BCUT2D eigenvalue weighted by atomic mass is 10.1. The van der Waals surface area contributed by atoms with Crippen molar-refractivity contribution in [2.45, 2.75) is 27.2 Å². The van der Waals surface area contributed by atoms with Gasteiger partial charge in [0, 0.05) is 0 Å². The minimum absolute atomic E-state index is 0.716. The van der Waals surface area contributed by atoms with Crippen LogP contribution < -0.4 is 0 Å². The minimum Gasteiger partial charge on any atom is -0.494 e. The van der Waals surface area contributed by atoms with Crippen molar-refractivity contribution in [1.29, 1.82) is 0 Å². The first-order valence-corrected chi connectivity index (χ1v) is 4.41. The second kappa shape index (κ2) is 6.71. The third kappa shape index (κ3) is 3.42. The van der Waals surface area contributed by atoms with Crippen LogP contribution in [-0.2, 0) is 4.74 Å². The average molecular weight is 166 g/mol. The maximum atomic E-state index is 5.44. The fourth-order valence-electron chi connectivity index (χ4n) is 1.03. The predicted molar refractivity (Wildman–Crippen MR) is 54.0 cm³/mol. The Labute approximate surface area is 75.4 Å². The van der Waals surface area contributed by atoms with Crippen molar-refractivity contribution in [3.8, 4) is 0 Å². The van der Waals surface area contributed by atoms with E-state index in [4.69, 9.17) is 4.74 Å². The molecule has 0 saturated carbocycles. The monoisotopic (exact) mass is 166 g/mol. The molecule has 0 aliphatic rings. The summed E-state index contributed by atoms with van der Waals surface area (Å²) in [5, 5.41) is 0. The van der Waals surface area contributed by atoms with Crippen molar-refractivity contribution in [1.82, 2.24) is 0 Å². The summed E-state index contributed by atoms with van der Waals surface area (Å²) in [7, 11) is 0. The van der Waals surface area contributed by atoms with Crippen molar-refractivity contribution in [2.24, 2.45) is 0 Å². The molecular weight excluding hydrogens is 148 g/mol. The van der Waals surface area contributed by atoms with Crippen LogP contribution in [0.25, 0.3) is 0 Å². The summed E-state index contributed by atoms with van der Waals surface area (Å²) in [6.07, 6.45) is 6.75. The quantitative estimate of drug-likeness (QED) is 0.449. The standard InChI is InChI=1S/C11H18O/c1-5-9-10(6-2)11(7-3)12-8-4/h5,7,9H,1,6,8H2,2-4H3/b10-9-,11-7+. The topological polar surface area (TPSA) is 9.23 Å². The van der Waals surface area contributed by atoms with Crippen molar-refractivity contribution in [3.05, 3.63) is 36.1 Å². The van der Waals surface area contributed by atoms with E-state index in [1.165, 1.54) is 5.57 Å². The number of allylic oxidation sites excluding steroid dienone is 4. The van der Waals surface area contributed by atoms with Gasteiger partial charge in [0.2, 0.25) is 0 Å². The third-order valence-corrected chi connectivity index (χ3v) is 1.58. The van der Waals surface area contributed by atoms with Gasteiger partial charge in [-0.15, -0.1) is 0 Å². The van der Waals surface area contributed by atoms with Crippen LogP contribution in [0.15, 0.2) is 36.1 Å². The van der Waals surface area contributed by atoms with Crippen LogP contribution in [-0.4, -0.2) is 6.61 Å². The van der Waals surface area contributed by atoms with Crippen molar-refractivity contribution < 1.29 is 4.74 Å². The van der Waals surface area contributed by atoms with Gasteiger partial charge in [0.1, 0.15) is 5.76 Å². The Hall–Kier alpha value is -0.980. The molecule has 0 heterocycles.